The molecule has 1 aromatic carbocycles. The third kappa shape index (κ3) is 4.28. The topological polar surface area (TPSA) is 67.2 Å². The Balaban J connectivity index is 1.55. The maximum absolute atomic E-state index is 12.6. The zero-order valence-electron chi connectivity index (χ0n) is 14.8. The molecule has 5 heteroatoms. The fourth-order valence-electron chi connectivity index (χ4n) is 3.73. The molecule has 1 aliphatic rings. The van der Waals surface area contributed by atoms with Gasteiger partial charge in [0.2, 0.25) is 0 Å². The number of benzene rings is 1. The van der Waals surface area contributed by atoms with Crippen LogP contribution in [0.4, 0.5) is 0 Å². The van der Waals surface area contributed by atoms with E-state index in [9.17, 15) is 9.90 Å². The molecule has 1 saturated carbocycles. The summed E-state index contributed by atoms with van der Waals surface area (Å²) in [5.41, 5.74) is 2.42. The molecule has 3 rings (SSSR count). The molecule has 1 fully saturated rings. The third-order valence-corrected chi connectivity index (χ3v) is 5.14. The van der Waals surface area contributed by atoms with Crippen molar-refractivity contribution >= 4 is 5.91 Å². The maximum atomic E-state index is 12.6. The second-order valence-electron chi connectivity index (χ2n) is 6.91. The number of amides is 1. The summed E-state index contributed by atoms with van der Waals surface area (Å²) in [6.07, 6.45) is 7.72. The lowest BCUT2D eigenvalue weighted by Crippen LogP contribution is -2.28. The van der Waals surface area contributed by atoms with Gasteiger partial charge in [-0.3, -0.25) is 9.48 Å². The van der Waals surface area contributed by atoms with Crippen LogP contribution in [0.15, 0.2) is 36.5 Å². The Morgan fingerprint density at radius 1 is 1.28 bits per heavy atom. The molecule has 1 aromatic heterocycles. The summed E-state index contributed by atoms with van der Waals surface area (Å²) in [5, 5.41) is 17.3. The van der Waals surface area contributed by atoms with Crippen LogP contribution in [0.3, 0.4) is 0 Å². The van der Waals surface area contributed by atoms with Gasteiger partial charge in [0, 0.05) is 19.2 Å². The van der Waals surface area contributed by atoms with E-state index in [4.69, 9.17) is 0 Å². The molecule has 134 valence electrons. The lowest BCUT2D eigenvalue weighted by atomic mass is 9.83. The molecule has 25 heavy (non-hydrogen) atoms. The molecule has 1 amide bonds. The van der Waals surface area contributed by atoms with Crippen LogP contribution in [0, 0.1) is 5.92 Å². The fraction of sp³-hybridized carbons (Fsp3) is 0.500. The summed E-state index contributed by atoms with van der Waals surface area (Å²) in [5.74, 6) is 0.306. The van der Waals surface area contributed by atoms with Gasteiger partial charge in [-0.1, -0.05) is 43.2 Å². The number of rotatable bonds is 6. The van der Waals surface area contributed by atoms with E-state index in [0.717, 1.165) is 43.4 Å². The van der Waals surface area contributed by atoms with Gasteiger partial charge >= 0.3 is 0 Å². The Labute approximate surface area is 149 Å². The second kappa shape index (κ2) is 8.30. The van der Waals surface area contributed by atoms with E-state index in [1.165, 1.54) is 6.42 Å². The molecule has 0 bridgehead atoms. The summed E-state index contributed by atoms with van der Waals surface area (Å²) >= 11 is 0. The van der Waals surface area contributed by atoms with E-state index in [1.54, 1.807) is 10.9 Å². The lowest BCUT2D eigenvalue weighted by molar-refractivity contribution is 0.0641. The molecule has 0 saturated heterocycles. The van der Waals surface area contributed by atoms with E-state index in [2.05, 4.69) is 10.4 Å². The van der Waals surface area contributed by atoms with Gasteiger partial charge in [-0.25, -0.2) is 0 Å². The summed E-state index contributed by atoms with van der Waals surface area (Å²) in [4.78, 5) is 12.6. The van der Waals surface area contributed by atoms with Gasteiger partial charge in [0.25, 0.3) is 5.91 Å². The summed E-state index contributed by atoms with van der Waals surface area (Å²) in [7, 11) is 1.85. The summed E-state index contributed by atoms with van der Waals surface area (Å²) < 4.78 is 1.74. The molecule has 2 atom stereocenters. The minimum absolute atomic E-state index is 0.0869. The highest BCUT2D eigenvalue weighted by molar-refractivity contribution is 5.99. The van der Waals surface area contributed by atoms with Gasteiger partial charge in [0.1, 0.15) is 0 Å². The standard InChI is InChI=1S/C20H27N3O2/c1-23-19(16-9-3-2-4-10-16)17(14-22-23)20(25)21-13-7-11-15-8-5-6-12-18(15)24/h2-4,9-10,14-15,18,24H,5-8,11-13H2,1H3,(H,21,25)/t15-,18-/m1/s1. The highest BCUT2D eigenvalue weighted by Crippen LogP contribution is 2.27. The van der Waals surface area contributed by atoms with E-state index < -0.39 is 0 Å². The zero-order valence-corrected chi connectivity index (χ0v) is 14.8. The van der Waals surface area contributed by atoms with Crippen molar-refractivity contribution in [2.45, 2.75) is 44.6 Å². The number of carbonyl (C=O) groups excluding carboxylic acids is 1. The summed E-state index contributed by atoms with van der Waals surface area (Å²) in [6, 6.07) is 9.84. The Morgan fingerprint density at radius 2 is 2.04 bits per heavy atom. The molecule has 1 heterocycles. The van der Waals surface area contributed by atoms with Crippen molar-refractivity contribution in [2.24, 2.45) is 13.0 Å². The smallest absolute Gasteiger partial charge is 0.255 e. The van der Waals surface area contributed by atoms with Crippen LogP contribution in [0.1, 0.15) is 48.9 Å². The van der Waals surface area contributed by atoms with Crippen LogP contribution in [-0.2, 0) is 7.05 Å². The van der Waals surface area contributed by atoms with E-state index >= 15 is 0 Å². The molecule has 1 aliphatic carbocycles. The molecule has 2 aromatic rings. The van der Waals surface area contributed by atoms with E-state index in [-0.39, 0.29) is 12.0 Å². The maximum Gasteiger partial charge on any atom is 0.255 e. The van der Waals surface area contributed by atoms with Gasteiger partial charge in [0.15, 0.2) is 0 Å². The van der Waals surface area contributed by atoms with Crippen LogP contribution >= 0.6 is 0 Å². The van der Waals surface area contributed by atoms with Crippen molar-refractivity contribution in [3.8, 4) is 11.3 Å². The molecule has 5 nitrogen and oxygen atoms in total. The molecule has 0 spiro atoms. The minimum Gasteiger partial charge on any atom is -0.393 e. The number of hydrogen-bond donors (Lipinski definition) is 2. The van der Waals surface area contributed by atoms with Crippen molar-refractivity contribution in [1.29, 1.82) is 0 Å². The quantitative estimate of drug-likeness (QED) is 0.793. The monoisotopic (exact) mass is 341 g/mol. The number of aliphatic hydroxyl groups is 1. The predicted octanol–water partition coefficient (Wildman–Crippen LogP) is 3.15. The number of carbonyl (C=O) groups is 1. The Bertz CT molecular complexity index is 696. The average Bonchev–Trinajstić information content (AvgIpc) is 3.02. The number of nitrogens with one attached hydrogen (secondary N) is 1. The van der Waals surface area contributed by atoms with Gasteiger partial charge in [0.05, 0.1) is 23.6 Å². The van der Waals surface area contributed by atoms with Crippen LogP contribution in [0.5, 0.6) is 0 Å². The normalized spacial score (nSPS) is 20.4. The Hall–Kier alpha value is -2.14. The predicted molar refractivity (Wildman–Crippen MR) is 98.2 cm³/mol. The minimum atomic E-state index is -0.160. The van der Waals surface area contributed by atoms with Crippen molar-refractivity contribution in [1.82, 2.24) is 15.1 Å². The van der Waals surface area contributed by atoms with Gasteiger partial charge in [-0.15, -0.1) is 0 Å². The highest BCUT2D eigenvalue weighted by Gasteiger charge is 2.22. The first-order valence-corrected chi connectivity index (χ1v) is 9.20. The molecule has 2 N–H and O–H groups in total. The zero-order chi connectivity index (χ0) is 17.6. The highest BCUT2D eigenvalue weighted by atomic mass is 16.3. The van der Waals surface area contributed by atoms with E-state index in [1.807, 2.05) is 37.4 Å². The van der Waals surface area contributed by atoms with E-state index in [0.29, 0.717) is 18.0 Å². The second-order valence-corrected chi connectivity index (χ2v) is 6.91. The first-order chi connectivity index (χ1) is 12.2. The Kier molecular flexibility index (Phi) is 5.87. The van der Waals surface area contributed by atoms with Crippen LogP contribution < -0.4 is 5.32 Å². The number of aliphatic hydroxyl groups excluding tert-OH is 1. The first-order valence-electron chi connectivity index (χ1n) is 9.20. The number of hydrogen-bond acceptors (Lipinski definition) is 3. The molecule has 0 radical (unpaired) electrons. The molecular weight excluding hydrogens is 314 g/mol. The number of aryl methyl sites for hydroxylation is 1. The van der Waals surface area contributed by atoms with Crippen LogP contribution in [0.2, 0.25) is 0 Å². The number of aromatic nitrogens is 2. The fourth-order valence-corrected chi connectivity index (χ4v) is 3.73. The number of nitrogens with zero attached hydrogens (tertiary/aromatic N) is 2. The molecular formula is C20H27N3O2. The lowest BCUT2D eigenvalue weighted by Gasteiger charge is -2.27. The molecule has 0 unspecified atom stereocenters. The van der Waals surface area contributed by atoms with Crippen molar-refractivity contribution < 1.29 is 9.90 Å². The third-order valence-electron chi connectivity index (χ3n) is 5.14. The van der Waals surface area contributed by atoms with Gasteiger partial charge < -0.3 is 10.4 Å². The van der Waals surface area contributed by atoms with Crippen molar-refractivity contribution in [3.63, 3.8) is 0 Å². The van der Waals surface area contributed by atoms with Crippen molar-refractivity contribution in [3.05, 3.63) is 42.1 Å². The largest absolute Gasteiger partial charge is 0.393 e. The molecule has 0 aliphatic heterocycles. The van der Waals surface area contributed by atoms with Gasteiger partial charge in [-0.2, -0.15) is 5.10 Å². The Morgan fingerprint density at radius 3 is 2.80 bits per heavy atom. The van der Waals surface area contributed by atoms with Crippen molar-refractivity contribution in [2.75, 3.05) is 6.54 Å². The average molecular weight is 341 g/mol. The SMILES string of the molecule is Cn1ncc(C(=O)NCCC[C@H]2CCCC[C@H]2O)c1-c1ccccc1. The van der Waals surface area contributed by atoms with Crippen LogP contribution in [0.25, 0.3) is 11.3 Å². The van der Waals surface area contributed by atoms with Crippen LogP contribution in [-0.4, -0.2) is 33.4 Å². The summed E-state index contributed by atoms with van der Waals surface area (Å²) in [6.45, 7) is 0.630. The van der Waals surface area contributed by atoms with Gasteiger partial charge in [-0.05, 0) is 31.6 Å². The first kappa shape index (κ1) is 17.7.